The number of benzene rings is 2. The standard InChI is InChI=1S/C19H16N2O2/c22-18-5-2-1-4-16(18)12-21-11-15-8-7-14(10-17(15)20-13-21)19-6-3-9-23-19/h1-10,13,22H,11-12H2. The molecule has 0 aliphatic carbocycles. The first-order valence-corrected chi connectivity index (χ1v) is 7.51. The summed E-state index contributed by atoms with van der Waals surface area (Å²) in [6.45, 7) is 1.40. The normalized spacial score (nSPS) is 13.1. The van der Waals surface area contributed by atoms with Crippen molar-refractivity contribution in [2.45, 2.75) is 13.1 Å². The average Bonchev–Trinajstić information content (AvgIpc) is 3.11. The van der Waals surface area contributed by atoms with E-state index in [-0.39, 0.29) is 0 Å². The van der Waals surface area contributed by atoms with Crippen molar-refractivity contribution in [2.24, 2.45) is 4.99 Å². The summed E-state index contributed by atoms with van der Waals surface area (Å²) >= 11 is 0. The Kier molecular flexibility index (Phi) is 3.35. The molecule has 0 saturated heterocycles. The summed E-state index contributed by atoms with van der Waals surface area (Å²) in [5, 5.41) is 9.90. The molecule has 1 aliphatic rings. The maximum atomic E-state index is 9.90. The van der Waals surface area contributed by atoms with Gasteiger partial charge >= 0.3 is 0 Å². The van der Waals surface area contributed by atoms with E-state index in [4.69, 9.17) is 4.42 Å². The summed E-state index contributed by atoms with van der Waals surface area (Å²) < 4.78 is 5.43. The number of nitrogens with zero attached hydrogens (tertiary/aromatic N) is 2. The summed E-state index contributed by atoms with van der Waals surface area (Å²) in [6.07, 6.45) is 3.51. The Hall–Kier alpha value is -3.01. The van der Waals surface area contributed by atoms with Crippen molar-refractivity contribution in [1.82, 2.24) is 4.90 Å². The van der Waals surface area contributed by atoms with Gasteiger partial charge in [-0.25, -0.2) is 4.99 Å². The van der Waals surface area contributed by atoms with Gasteiger partial charge in [-0.05, 0) is 29.8 Å². The lowest BCUT2D eigenvalue weighted by molar-refractivity contribution is 0.396. The molecule has 23 heavy (non-hydrogen) atoms. The molecular formula is C19H16N2O2. The Morgan fingerprint density at radius 2 is 2.00 bits per heavy atom. The predicted octanol–water partition coefficient (Wildman–Crippen LogP) is 4.33. The fourth-order valence-corrected chi connectivity index (χ4v) is 2.78. The summed E-state index contributed by atoms with van der Waals surface area (Å²) in [6, 6.07) is 17.4. The number of hydrogen-bond donors (Lipinski definition) is 1. The van der Waals surface area contributed by atoms with E-state index < -0.39 is 0 Å². The highest BCUT2D eigenvalue weighted by Gasteiger charge is 2.14. The van der Waals surface area contributed by atoms with Gasteiger partial charge in [-0.2, -0.15) is 0 Å². The third kappa shape index (κ3) is 2.71. The van der Waals surface area contributed by atoms with Crippen molar-refractivity contribution in [2.75, 3.05) is 0 Å². The van der Waals surface area contributed by atoms with Gasteiger partial charge in [0, 0.05) is 24.2 Å². The molecular weight excluding hydrogens is 288 g/mol. The molecule has 0 amide bonds. The van der Waals surface area contributed by atoms with Crippen LogP contribution in [0.4, 0.5) is 5.69 Å². The van der Waals surface area contributed by atoms with Crippen LogP contribution >= 0.6 is 0 Å². The minimum atomic E-state index is 0.319. The number of aromatic hydroxyl groups is 1. The molecule has 0 atom stereocenters. The number of phenolic OH excluding ortho intramolecular Hbond substituents is 1. The van der Waals surface area contributed by atoms with Crippen LogP contribution in [0.2, 0.25) is 0 Å². The molecule has 0 unspecified atom stereocenters. The molecule has 2 heterocycles. The second-order valence-electron chi connectivity index (χ2n) is 5.60. The second kappa shape index (κ2) is 5.65. The van der Waals surface area contributed by atoms with Crippen molar-refractivity contribution < 1.29 is 9.52 Å². The van der Waals surface area contributed by atoms with Crippen LogP contribution in [0.15, 0.2) is 70.3 Å². The lowest BCUT2D eigenvalue weighted by Crippen LogP contribution is -2.23. The molecule has 1 aromatic heterocycles. The van der Waals surface area contributed by atoms with Crippen LogP contribution < -0.4 is 0 Å². The zero-order valence-corrected chi connectivity index (χ0v) is 12.5. The van der Waals surface area contributed by atoms with Crippen molar-refractivity contribution >= 4 is 12.0 Å². The Balaban J connectivity index is 1.56. The SMILES string of the molecule is Oc1ccccc1CN1C=Nc2cc(-c3ccco3)ccc2C1. The fraction of sp³-hybridized carbons (Fsp3) is 0.105. The number of para-hydroxylation sites is 1. The van der Waals surface area contributed by atoms with Crippen molar-refractivity contribution in [3.8, 4) is 17.1 Å². The van der Waals surface area contributed by atoms with Crippen LogP contribution in [0, 0.1) is 0 Å². The molecule has 4 nitrogen and oxygen atoms in total. The van der Waals surface area contributed by atoms with Crippen molar-refractivity contribution in [3.05, 3.63) is 72.0 Å². The Bertz CT molecular complexity index is 854. The van der Waals surface area contributed by atoms with Crippen LogP contribution in [0.3, 0.4) is 0 Å². The van der Waals surface area contributed by atoms with E-state index in [2.05, 4.69) is 22.0 Å². The van der Waals surface area contributed by atoms with Gasteiger partial charge in [-0.3, -0.25) is 0 Å². The highest BCUT2D eigenvalue weighted by Crippen LogP contribution is 2.31. The zero-order valence-electron chi connectivity index (χ0n) is 12.5. The van der Waals surface area contributed by atoms with Crippen LogP contribution in [0.1, 0.15) is 11.1 Å². The highest BCUT2D eigenvalue weighted by molar-refractivity contribution is 5.72. The van der Waals surface area contributed by atoms with Gasteiger partial charge in [0.2, 0.25) is 0 Å². The summed E-state index contributed by atoms with van der Waals surface area (Å²) in [5.41, 5.74) is 4.06. The summed E-state index contributed by atoms with van der Waals surface area (Å²) in [4.78, 5) is 6.64. The number of fused-ring (bicyclic) bond motifs is 1. The maximum absolute atomic E-state index is 9.90. The van der Waals surface area contributed by atoms with Crippen LogP contribution in [-0.4, -0.2) is 16.3 Å². The molecule has 0 radical (unpaired) electrons. The topological polar surface area (TPSA) is 49.0 Å². The van der Waals surface area contributed by atoms with Crippen LogP contribution in [-0.2, 0) is 13.1 Å². The zero-order chi connectivity index (χ0) is 15.6. The molecule has 0 bridgehead atoms. The van der Waals surface area contributed by atoms with Gasteiger partial charge in [0.1, 0.15) is 11.5 Å². The van der Waals surface area contributed by atoms with Crippen LogP contribution in [0.25, 0.3) is 11.3 Å². The van der Waals surface area contributed by atoms with Gasteiger partial charge in [-0.1, -0.05) is 30.3 Å². The minimum Gasteiger partial charge on any atom is -0.508 e. The largest absolute Gasteiger partial charge is 0.508 e. The van der Waals surface area contributed by atoms with Gasteiger partial charge in [-0.15, -0.1) is 0 Å². The molecule has 114 valence electrons. The third-order valence-corrected chi connectivity index (χ3v) is 3.99. The highest BCUT2D eigenvalue weighted by atomic mass is 16.3. The Morgan fingerprint density at radius 3 is 2.83 bits per heavy atom. The first-order valence-electron chi connectivity index (χ1n) is 7.51. The third-order valence-electron chi connectivity index (χ3n) is 3.99. The van der Waals surface area contributed by atoms with E-state index in [1.165, 1.54) is 5.56 Å². The number of aliphatic imine (C=N–C) groups is 1. The molecule has 1 aliphatic heterocycles. The van der Waals surface area contributed by atoms with Gasteiger partial charge < -0.3 is 14.4 Å². The van der Waals surface area contributed by atoms with E-state index in [1.54, 1.807) is 12.3 Å². The van der Waals surface area contributed by atoms with E-state index in [9.17, 15) is 5.11 Å². The van der Waals surface area contributed by atoms with Crippen molar-refractivity contribution in [1.29, 1.82) is 0 Å². The Morgan fingerprint density at radius 1 is 1.09 bits per heavy atom. The van der Waals surface area contributed by atoms with Crippen LogP contribution in [0.5, 0.6) is 5.75 Å². The molecule has 1 N–H and O–H groups in total. The minimum absolute atomic E-state index is 0.319. The fourth-order valence-electron chi connectivity index (χ4n) is 2.78. The molecule has 0 spiro atoms. The summed E-state index contributed by atoms with van der Waals surface area (Å²) in [5.74, 6) is 1.17. The molecule has 2 aromatic carbocycles. The van der Waals surface area contributed by atoms with E-state index in [1.807, 2.05) is 42.7 Å². The van der Waals surface area contributed by atoms with E-state index in [0.29, 0.717) is 12.3 Å². The lowest BCUT2D eigenvalue weighted by atomic mass is 10.1. The molecule has 0 fully saturated rings. The van der Waals surface area contributed by atoms with Crippen molar-refractivity contribution in [3.63, 3.8) is 0 Å². The maximum Gasteiger partial charge on any atom is 0.133 e. The number of hydrogen-bond acceptors (Lipinski definition) is 4. The van der Waals surface area contributed by atoms with E-state index >= 15 is 0 Å². The summed E-state index contributed by atoms with van der Waals surface area (Å²) in [7, 11) is 0. The average molecular weight is 304 g/mol. The predicted molar refractivity (Wildman–Crippen MR) is 89.6 cm³/mol. The number of phenols is 1. The molecule has 4 rings (SSSR count). The quantitative estimate of drug-likeness (QED) is 0.783. The first-order chi connectivity index (χ1) is 11.3. The lowest BCUT2D eigenvalue weighted by Gasteiger charge is -2.25. The Labute approximate surface area is 134 Å². The smallest absolute Gasteiger partial charge is 0.133 e. The van der Waals surface area contributed by atoms with Gasteiger partial charge in [0.15, 0.2) is 0 Å². The molecule has 3 aromatic rings. The van der Waals surface area contributed by atoms with Gasteiger partial charge in [0.25, 0.3) is 0 Å². The molecule has 4 heteroatoms. The van der Waals surface area contributed by atoms with E-state index in [0.717, 1.165) is 29.1 Å². The van der Waals surface area contributed by atoms with Gasteiger partial charge in [0.05, 0.1) is 18.3 Å². The monoisotopic (exact) mass is 304 g/mol. The molecule has 0 saturated carbocycles. The second-order valence-corrected chi connectivity index (χ2v) is 5.60. The number of furan rings is 1. The first kappa shape index (κ1) is 13.6. The number of rotatable bonds is 3.